The van der Waals surface area contributed by atoms with Gasteiger partial charge in [-0.25, -0.2) is 0 Å². The monoisotopic (exact) mass is 247 g/mol. The minimum atomic E-state index is -0.496. The maximum absolute atomic E-state index is 11.4. The number of hydrogen-bond acceptors (Lipinski definition) is 3. The highest BCUT2D eigenvalue weighted by Crippen LogP contribution is 2.26. The number of esters is 1. The zero-order valence-corrected chi connectivity index (χ0v) is 9.68. The largest absolute Gasteiger partial charge is 0.469 e. The molecule has 1 unspecified atom stereocenters. The second-order valence-corrected chi connectivity index (χ2v) is 3.80. The molecule has 0 fully saturated rings. The molecule has 0 bridgehead atoms. The summed E-state index contributed by atoms with van der Waals surface area (Å²) >= 11 is 11.6. The zero-order chi connectivity index (χ0) is 11.4. The Balaban J connectivity index is 3.02. The van der Waals surface area contributed by atoms with Crippen molar-refractivity contribution in [1.82, 2.24) is 0 Å². The summed E-state index contributed by atoms with van der Waals surface area (Å²) in [4.78, 5) is 11.4. The average Bonchev–Trinajstić information content (AvgIpc) is 2.24. The van der Waals surface area contributed by atoms with Crippen LogP contribution in [-0.4, -0.2) is 19.6 Å². The Morgan fingerprint density at radius 3 is 2.60 bits per heavy atom. The maximum atomic E-state index is 11.4. The molecule has 1 aromatic carbocycles. The van der Waals surface area contributed by atoms with Crippen LogP contribution in [0.2, 0.25) is 10.0 Å². The first-order valence-corrected chi connectivity index (χ1v) is 5.08. The van der Waals surface area contributed by atoms with Crippen molar-refractivity contribution in [3.8, 4) is 0 Å². The Morgan fingerprint density at radius 1 is 1.47 bits per heavy atom. The predicted octanol–water partition coefficient (Wildman–Crippen LogP) is 2.21. The molecule has 0 aliphatic rings. The SMILES string of the molecule is COC(=O)C(CN)c1ccc(Cl)c(Cl)c1. The molecule has 15 heavy (non-hydrogen) atoms. The minimum absolute atomic E-state index is 0.171. The van der Waals surface area contributed by atoms with Crippen molar-refractivity contribution in [1.29, 1.82) is 0 Å². The van der Waals surface area contributed by atoms with Gasteiger partial charge < -0.3 is 10.5 Å². The molecular weight excluding hydrogens is 237 g/mol. The van der Waals surface area contributed by atoms with Crippen molar-refractivity contribution in [3.05, 3.63) is 33.8 Å². The third-order valence-corrected chi connectivity index (χ3v) is 2.81. The summed E-state index contributed by atoms with van der Waals surface area (Å²) in [6, 6.07) is 4.96. The van der Waals surface area contributed by atoms with E-state index in [4.69, 9.17) is 28.9 Å². The fourth-order valence-electron chi connectivity index (χ4n) is 1.24. The number of benzene rings is 1. The van der Waals surface area contributed by atoms with Gasteiger partial charge in [0, 0.05) is 6.54 Å². The fourth-order valence-corrected chi connectivity index (χ4v) is 1.55. The van der Waals surface area contributed by atoms with Gasteiger partial charge in [0.25, 0.3) is 0 Å². The number of nitrogens with two attached hydrogens (primary N) is 1. The first-order valence-electron chi connectivity index (χ1n) is 4.33. The number of ether oxygens (including phenoxy) is 1. The summed E-state index contributed by atoms with van der Waals surface area (Å²) in [7, 11) is 1.32. The van der Waals surface area contributed by atoms with Crippen molar-refractivity contribution < 1.29 is 9.53 Å². The standard InChI is InChI=1S/C10H11Cl2NO2/c1-15-10(14)7(5-13)6-2-3-8(11)9(12)4-6/h2-4,7H,5,13H2,1H3. The molecule has 0 radical (unpaired) electrons. The van der Waals surface area contributed by atoms with E-state index < -0.39 is 5.92 Å². The predicted molar refractivity (Wildman–Crippen MR) is 60.3 cm³/mol. The molecule has 0 heterocycles. The van der Waals surface area contributed by atoms with Gasteiger partial charge in [-0.05, 0) is 17.7 Å². The van der Waals surface area contributed by atoms with E-state index in [9.17, 15) is 4.79 Å². The lowest BCUT2D eigenvalue weighted by atomic mass is 10.00. The molecular formula is C10H11Cl2NO2. The molecule has 0 aliphatic carbocycles. The van der Waals surface area contributed by atoms with Gasteiger partial charge in [-0.2, -0.15) is 0 Å². The second-order valence-electron chi connectivity index (χ2n) is 2.98. The number of carbonyl (C=O) groups excluding carboxylic acids is 1. The summed E-state index contributed by atoms with van der Waals surface area (Å²) in [5.41, 5.74) is 6.20. The average molecular weight is 248 g/mol. The number of carbonyl (C=O) groups is 1. The van der Waals surface area contributed by atoms with E-state index >= 15 is 0 Å². The van der Waals surface area contributed by atoms with E-state index in [-0.39, 0.29) is 12.5 Å². The van der Waals surface area contributed by atoms with Crippen LogP contribution in [0, 0.1) is 0 Å². The normalized spacial score (nSPS) is 12.3. The Labute approximate surface area is 98.1 Å². The molecule has 0 amide bonds. The smallest absolute Gasteiger partial charge is 0.314 e. The lowest BCUT2D eigenvalue weighted by Gasteiger charge is -2.13. The van der Waals surface area contributed by atoms with Crippen LogP contribution in [0.1, 0.15) is 11.5 Å². The lowest BCUT2D eigenvalue weighted by Crippen LogP contribution is -2.22. The molecule has 82 valence electrons. The van der Waals surface area contributed by atoms with Crippen molar-refractivity contribution in [2.24, 2.45) is 5.73 Å². The highest BCUT2D eigenvalue weighted by atomic mass is 35.5. The van der Waals surface area contributed by atoms with Crippen LogP contribution in [0.3, 0.4) is 0 Å². The van der Waals surface area contributed by atoms with Crippen LogP contribution in [0.25, 0.3) is 0 Å². The van der Waals surface area contributed by atoms with E-state index in [2.05, 4.69) is 4.74 Å². The third-order valence-electron chi connectivity index (χ3n) is 2.07. The van der Waals surface area contributed by atoms with Gasteiger partial charge >= 0.3 is 5.97 Å². The molecule has 1 aromatic rings. The minimum Gasteiger partial charge on any atom is -0.469 e. The van der Waals surface area contributed by atoms with Gasteiger partial charge in [0.05, 0.1) is 23.1 Å². The maximum Gasteiger partial charge on any atom is 0.314 e. The topological polar surface area (TPSA) is 52.3 Å². The summed E-state index contributed by atoms with van der Waals surface area (Å²) in [5, 5.41) is 0.845. The summed E-state index contributed by atoms with van der Waals surface area (Å²) < 4.78 is 4.63. The molecule has 1 atom stereocenters. The molecule has 0 spiro atoms. The molecule has 0 saturated heterocycles. The number of rotatable bonds is 3. The van der Waals surface area contributed by atoms with Crippen LogP contribution in [0.15, 0.2) is 18.2 Å². The van der Waals surface area contributed by atoms with E-state index in [1.54, 1.807) is 18.2 Å². The highest BCUT2D eigenvalue weighted by molar-refractivity contribution is 6.42. The molecule has 0 aromatic heterocycles. The fraction of sp³-hybridized carbons (Fsp3) is 0.300. The zero-order valence-electron chi connectivity index (χ0n) is 8.17. The Bertz CT molecular complexity index is 368. The van der Waals surface area contributed by atoms with E-state index in [1.165, 1.54) is 7.11 Å². The Morgan fingerprint density at radius 2 is 2.13 bits per heavy atom. The first kappa shape index (κ1) is 12.3. The van der Waals surface area contributed by atoms with Gasteiger partial charge in [0.2, 0.25) is 0 Å². The summed E-state index contributed by atoms with van der Waals surface area (Å²) in [5.74, 6) is -0.874. The van der Waals surface area contributed by atoms with Crippen LogP contribution in [0.4, 0.5) is 0 Å². The molecule has 1 rings (SSSR count). The second kappa shape index (κ2) is 5.35. The molecule has 0 aliphatic heterocycles. The van der Waals surface area contributed by atoms with Gasteiger partial charge in [0.1, 0.15) is 0 Å². The Kier molecular flexibility index (Phi) is 4.39. The lowest BCUT2D eigenvalue weighted by molar-refractivity contribution is -0.142. The van der Waals surface area contributed by atoms with Crippen molar-refractivity contribution in [2.75, 3.05) is 13.7 Å². The molecule has 0 saturated carbocycles. The summed E-state index contributed by atoms with van der Waals surface area (Å²) in [6.07, 6.45) is 0. The number of methoxy groups -OCH3 is 1. The van der Waals surface area contributed by atoms with E-state index in [0.29, 0.717) is 15.6 Å². The molecule has 3 nitrogen and oxygen atoms in total. The Hall–Kier alpha value is -0.770. The van der Waals surface area contributed by atoms with Crippen molar-refractivity contribution >= 4 is 29.2 Å². The highest BCUT2D eigenvalue weighted by Gasteiger charge is 2.20. The third kappa shape index (κ3) is 2.84. The van der Waals surface area contributed by atoms with Crippen molar-refractivity contribution in [3.63, 3.8) is 0 Å². The van der Waals surface area contributed by atoms with Gasteiger partial charge in [0.15, 0.2) is 0 Å². The summed E-state index contributed by atoms with van der Waals surface area (Å²) in [6.45, 7) is 0.171. The quantitative estimate of drug-likeness (QED) is 0.834. The molecule has 2 N–H and O–H groups in total. The van der Waals surface area contributed by atoms with Gasteiger partial charge in [-0.3, -0.25) is 4.79 Å². The van der Waals surface area contributed by atoms with Crippen molar-refractivity contribution in [2.45, 2.75) is 5.92 Å². The van der Waals surface area contributed by atoms with Crippen LogP contribution in [-0.2, 0) is 9.53 Å². The molecule has 5 heteroatoms. The van der Waals surface area contributed by atoms with Gasteiger partial charge in [-0.1, -0.05) is 29.3 Å². The van der Waals surface area contributed by atoms with E-state index in [0.717, 1.165) is 0 Å². The van der Waals surface area contributed by atoms with Gasteiger partial charge in [-0.15, -0.1) is 0 Å². The van der Waals surface area contributed by atoms with Crippen LogP contribution < -0.4 is 5.73 Å². The van der Waals surface area contributed by atoms with Crippen LogP contribution in [0.5, 0.6) is 0 Å². The van der Waals surface area contributed by atoms with Crippen LogP contribution >= 0.6 is 23.2 Å². The number of halogens is 2. The first-order chi connectivity index (χ1) is 7.10. The van der Waals surface area contributed by atoms with E-state index in [1.807, 2.05) is 0 Å². The number of hydrogen-bond donors (Lipinski definition) is 1.